The molecule has 0 spiro atoms. The summed E-state index contributed by atoms with van der Waals surface area (Å²) in [5.74, 6) is 0.750. The number of benzene rings is 1. The Morgan fingerprint density at radius 2 is 2.05 bits per heavy atom. The highest BCUT2D eigenvalue weighted by molar-refractivity contribution is 5.86. The first kappa shape index (κ1) is 15.8. The van der Waals surface area contributed by atoms with Crippen LogP contribution in [0, 0.1) is 20.8 Å². The summed E-state index contributed by atoms with van der Waals surface area (Å²) in [6.45, 7) is 5.92. The molecule has 5 heteroatoms. The van der Waals surface area contributed by atoms with Crippen LogP contribution >= 0.6 is 0 Å². The minimum Gasteiger partial charge on any atom is -0.496 e. The van der Waals surface area contributed by atoms with Crippen molar-refractivity contribution in [1.29, 1.82) is 0 Å². The van der Waals surface area contributed by atoms with Crippen molar-refractivity contribution in [3.63, 3.8) is 0 Å². The zero-order valence-corrected chi connectivity index (χ0v) is 13.3. The van der Waals surface area contributed by atoms with Gasteiger partial charge in [0.05, 0.1) is 19.3 Å². The van der Waals surface area contributed by atoms with E-state index in [0.717, 1.165) is 22.4 Å². The minimum absolute atomic E-state index is 0.182. The van der Waals surface area contributed by atoms with Crippen molar-refractivity contribution >= 4 is 11.8 Å². The Bertz CT molecular complexity index is 698. The third kappa shape index (κ3) is 3.19. The summed E-state index contributed by atoms with van der Waals surface area (Å²) in [7, 11) is 1.61. The number of anilines is 1. The summed E-state index contributed by atoms with van der Waals surface area (Å²) in [4.78, 5) is 17.3. The number of hydrogen-bond donors (Lipinski definition) is 1. The van der Waals surface area contributed by atoms with E-state index in [1.807, 2.05) is 39.0 Å². The third-order valence-corrected chi connectivity index (χ3v) is 3.60. The number of aryl methyl sites for hydroxylation is 2. The van der Waals surface area contributed by atoms with Crippen molar-refractivity contribution in [2.24, 2.45) is 0 Å². The van der Waals surface area contributed by atoms with Crippen LogP contribution in [-0.4, -0.2) is 23.3 Å². The van der Waals surface area contributed by atoms with Gasteiger partial charge in [0.2, 0.25) is 0 Å². The molecule has 2 rings (SSSR count). The first-order chi connectivity index (χ1) is 10.4. The van der Waals surface area contributed by atoms with Crippen molar-refractivity contribution in [2.75, 3.05) is 12.0 Å². The molecule has 1 amide bonds. The molecule has 0 aliphatic carbocycles. The predicted molar refractivity (Wildman–Crippen MR) is 85.6 cm³/mol. The fourth-order valence-corrected chi connectivity index (χ4v) is 2.45. The molecule has 0 unspecified atom stereocenters. The number of hydrogen-bond acceptors (Lipinski definition) is 3. The number of nitrogens with zero attached hydrogens (tertiary/aromatic N) is 2. The van der Waals surface area contributed by atoms with E-state index in [0.29, 0.717) is 11.4 Å². The van der Waals surface area contributed by atoms with Gasteiger partial charge in [0.1, 0.15) is 5.75 Å². The number of aromatic nitrogens is 1. The molecule has 0 saturated carbocycles. The second kappa shape index (κ2) is 6.47. The number of rotatable bonds is 4. The number of carboxylic acid groups (broad SMARTS) is 1. The molecular weight excluding hydrogens is 280 g/mol. The summed E-state index contributed by atoms with van der Waals surface area (Å²) in [5.41, 5.74) is 4.12. The maximum atomic E-state index is 11.6. The lowest BCUT2D eigenvalue weighted by Crippen LogP contribution is -2.29. The van der Waals surface area contributed by atoms with Crippen molar-refractivity contribution in [2.45, 2.75) is 27.3 Å². The van der Waals surface area contributed by atoms with Gasteiger partial charge in [-0.25, -0.2) is 4.79 Å². The van der Waals surface area contributed by atoms with E-state index in [1.54, 1.807) is 19.4 Å². The Labute approximate surface area is 130 Å². The van der Waals surface area contributed by atoms with E-state index < -0.39 is 6.09 Å². The van der Waals surface area contributed by atoms with Crippen LogP contribution in [0.3, 0.4) is 0 Å². The molecule has 0 bridgehead atoms. The lowest BCUT2D eigenvalue weighted by molar-refractivity contribution is 0.201. The SMILES string of the molecule is COc1c(C)cnc(CN(C(=O)O)c2cccc(C)c2)c1C. The largest absolute Gasteiger partial charge is 0.496 e. The van der Waals surface area contributed by atoms with Gasteiger partial charge in [-0.1, -0.05) is 12.1 Å². The van der Waals surface area contributed by atoms with Crippen LogP contribution in [0.2, 0.25) is 0 Å². The molecule has 1 heterocycles. The van der Waals surface area contributed by atoms with Gasteiger partial charge in [-0.15, -0.1) is 0 Å². The highest BCUT2D eigenvalue weighted by Crippen LogP contribution is 2.26. The molecule has 116 valence electrons. The highest BCUT2D eigenvalue weighted by Gasteiger charge is 2.18. The molecular formula is C17H20N2O3. The number of methoxy groups -OCH3 is 1. The predicted octanol–water partition coefficient (Wildman–Crippen LogP) is 3.70. The Hall–Kier alpha value is -2.56. The lowest BCUT2D eigenvalue weighted by atomic mass is 10.1. The fraction of sp³-hybridized carbons (Fsp3) is 0.294. The number of carbonyl (C=O) groups is 1. The van der Waals surface area contributed by atoms with E-state index in [1.165, 1.54) is 4.90 Å². The average Bonchev–Trinajstić information content (AvgIpc) is 2.46. The Morgan fingerprint density at radius 3 is 2.64 bits per heavy atom. The molecule has 1 aromatic carbocycles. The van der Waals surface area contributed by atoms with Gasteiger partial charge >= 0.3 is 6.09 Å². The van der Waals surface area contributed by atoms with E-state index >= 15 is 0 Å². The molecule has 22 heavy (non-hydrogen) atoms. The van der Waals surface area contributed by atoms with Gasteiger partial charge in [-0.2, -0.15) is 0 Å². The van der Waals surface area contributed by atoms with Gasteiger partial charge in [-0.3, -0.25) is 9.88 Å². The summed E-state index contributed by atoms with van der Waals surface area (Å²) >= 11 is 0. The summed E-state index contributed by atoms with van der Waals surface area (Å²) in [5, 5.41) is 9.52. The van der Waals surface area contributed by atoms with Crippen LogP contribution in [0.15, 0.2) is 30.5 Å². The molecule has 1 N–H and O–H groups in total. The standard InChI is InChI=1S/C17H20N2O3/c1-11-6-5-7-14(8-11)19(17(20)21)10-15-13(3)16(22-4)12(2)9-18-15/h5-9H,10H2,1-4H3,(H,20,21). The third-order valence-electron chi connectivity index (χ3n) is 3.60. The zero-order chi connectivity index (χ0) is 16.3. The molecule has 0 saturated heterocycles. The molecule has 0 atom stereocenters. The number of ether oxygens (including phenoxy) is 1. The van der Waals surface area contributed by atoms with E-state index in [4.69, 9.17) is 4.74 Å². The first-order valence-corrected chi connectivity index (χ1v) is 7.00. The Kier molecular flexibility index (Phi) is 4.65. The molecule has 1 aromatic heterocycles. The topological polar surface area (TPSA) is 62.7 Å². The first-order valence-electron chi connectivity index (χ1n) is 7.00. The zero-order valence-electron chi connectivity index (χ0n) is 13.3. The molecule has 0 radical (unpaired) electrons. The molecule has 0 aliphatic heterocycles. The Morgan fingerprint density at radius 1 is 1.32 bits per heavy atom. The second-order valence-electron chi connectivity index (χ2n) is 5.25. The summed E-state index contributed by atoms with van der Waals surface area (Å²) in [6, 6.07) is 7.40. The van der Waals surface area contributed by atoms with Gasteiger partial charge in [0.25, 0.3) is 0 Å². The minimum atomic E-state index is -1.01. The van der Waals surface area contributed by atoms with Crippen molar-refractivity contribution in [3.8, 4) is 5.75 Å². The monoisotopic (exact) mass is 300 g/mol. The Balaban J connectivity index is 2.39. The molecule has 0 aliphatic rings. The van der Waals surface area contributed by atoms with Gasteiger partial charge in [0, 0.05) is 23.0 Å². The van der Waals surface area contributed by atoms with Crippen LogP contribution in [0.5, 0.6) is 5.75 Å². The van der Waals surface area contributed by atoms with Crippen LogP contribution < -0.4 is 9.64 Å². The maximum Gasteiger partial charge on any atom is 0.412 e. The molecule has 5 nitrogen and oxygen atoms in total. The summed E-state index contributed by atoms with van der Waals surface area (Å²) in [6.07, 6.45) is 0.698. The van der Waals surface area contributed by atoms with E-state index in [-0.39, 0.29) is 6.54 Å². The number of amides is 1. The summed E-state index contributed by atoms with van der Waals surface area (Å²) < 4.78 is 5.38. The second-order valence-corrected chi connectivity index (χ2v) is 5.25. The number of pyridine rings is 1. The highest BCUT2D eigenvalue weighted by atomic mass is 16.5. The van der Waals surface area contributed by atoms with Gasteiger partial charge in [0.15, 0.2) is 0 Å². The van der Waals surface area contributed by atoms with Crippen LogP contribution in [0.1, 0.15) is 22.4 Å². The molecule has 2 aromatic rings. The van der Waals surface area contributed by atoms with Crippen molar-refractivity contribution < 1.29 is 14.6 Å². The van der Waals surface area contributed by atoms with Crippen LogP contribution in [-0.2, 0) is 6.54 Å². The van der Waals surface area contributed by atoms with Gasteiger partial charge < -0.3 is 9.84 Å². The average molecular weight is 300 g/mol. The fourth-order valence-electron chi connectivity index (χ4n) is 2.45. The smallest absolute Gasteiger partial charge is 0.412 e. The normalized spacial score (nSPS) is 10.4. The van der Waals surface area contributed by atoms with Crippen molar-refractivity contribution in [1.82, 2.24) is 4.98 Å². The van der Waals surface area contributed by atoms with Gasteiger partial charge in [-0.05, 0) is 38.5 Å². The van der Waals surface area contributed by atoms with Crippen LogP contribution in [0.4, 0.5) is 10.5 Å². The van der Waals surface area contributed by atoms with E-state index in [2.05, 4.69) is 4.98 Å². The molecule has 0 fully saturated rings. The van der Waals surface area contributed by atoms with Crippen molar-refractivity contribution in [3.05, 3.63) is 52.8 Å². The van der Waals surface area contributed by atoms with E-state index in [9.17, 15) is 9.90 Å². The maximum absolute atomic E-state index is 11.6. The van der Waals surface area contributed by atoms with Crippen LogP contribution in [0.25, 0.3) is 0 Å². The lowest BCUT2D eigenvalue weighted by Gasteiger charge is -2.21. The quantitative estimate of drug-likeness (QED) is 0.935.